The van der Waals surface area contributed by atoms with Crippen molar-refractivity contribution in [1.29, 1.82) is 5.26 Å². The molecule has 2 aromatic rings. The maximum Gasteiger partial charge on any atom is 0.125 e. The molecule has 0 saturated carbocycles. The Kier molecular flexibility index (Phi) is 2.79. The molecule has 0 N–H and O–H groups in total. The van der Waals surface area contributed by atoms with Gasteiger partial charge >= 0.3 is 0 Å². The number of benzene rings is 1. The minimum Gasteiger partial charge on any atom is -0.243 e. The van der Waals surface area contributed by atoms with E-state index in [2.05, 4.69) is 42.2 Å². The van der Waals surface area contributed by atoms with E-state index >= 15 is 0 Å². The molecule has 0 aliphatic heterocycles. The van der Waals surface area contributed by atoms with Gasteiger partial charge in [-0.2, -0.15) is 5.26 Å². The maximum atomic E-state index is 8.70. The third kappa shape index (κ3) is 2.05. The first-order valence-electron chi connectivity index (χ1n) is 4.78. The number of thiazole rings is 1. The predicted octanol–water partition coefficient (Wildman–Crippen LogP) is 3.24. The molecule has 15 heavy (non-hydrogen) atoms. The second-order valence-electron chi connectivity index (χ2n) is 3.19. The molecule has 0 aliphatic rings. The van der Waals surface area contributed by atoms with Crippen molar-refractivity contribution >= 4 is 11.3 Å². The summed E-state index contributed by atoms with van der Waals surface area (Å²) >= 11 is 1.43. The van der Waals surface area contributed by atoms with Gasteiger partial charge in [-0.1, -0.05) is 31.2 Å². The number of aromatic nitrogens is 1. The molecule has 1 heterocycles. The van der Waals surface area contributed by atoms with Gasteiger partial charge < -0.3 is 0 Å². The average molecular weight is 214 g/mol. The molecule has 0 atom stereocenters. The molecular formula is C12H10N2S. The molecule has 2 nitrogen and oxygen atoms in total. The zero-order valence-corrected chi connectivity index (χ0v) is 9.21. The van der Waals surface area contributed by atoms with Gasteiger partial charge in [0, 0.05) is 5.56 Å². The maximum absolute atomic E-state index is 8.70. The summed E-state index contributed by atoms with van der Waals surface area (Å²) in [6.45, 7) is 2.13. The zero-order chi connectivity index (χ0) is 10.7. The number of rotatable bonds is 2. The van der Waals surface area contributed by atoms with Crippen LogP contribution >= 0.6 is 11.3 Å². The Morgan fingerprint density at radius 2 is 2.07 bits per heavy atom. The van der Waals surface area contributed by atoms with Gasteiger partial charge in [0.2, 0.25) is 0 Å². The summed E-state index contributed by atoms with van der Waals surface area (Å²) < 4.78 is 0. The van der Waals surface area contributed by atoms with Crippen LogP contribution in [-0.2, 0) is 6.42 Å². The van der Waals surface area contributed by atoms with Crippen molar-refractivity contribution in [3.05, 3.63) is 40.9 Å². The zero-order valence-electron chi connectivity index (χ0n) is 8.40. The molecule has 0 aliphatic carbocycles. The number of aryl methyl sites for hydroxylation is 1. The number of nitrogens with zero attached hydrogens (tertiary/aromatic N) is 2. The summed E-state index contributed by atoms with van der Waals surface area (Å²) in [7, 11) is 0. The molecule has 0 radical (unpaired) electrons. The Labute approximate surface area is 92.8 Å². The number of nitriles is 1. The smallest absolute Gasteiger partial charge is 0.125 e. The van der Waals surface area contributed by atoms with E-state index in [1.807, 2.05) is 0 Å². The highest BCUT2D eigenvalue weighted by molar-refractivity contribution is 7.15. The van der Waals surface area contributed by atoms with Gasteiger partial charge in [0.05, 0.1) is 6.20 Å². The SMILES string of the molecule is CCc1ccc(-c2ncc(C#N)s2)cc1. The fourth-order valence-electron chi connectivity index (χ4n) is 1.34. The van der Waals surface area contributed by atoms with Crippen LogP contribution in [0.5, 0.6) is 0 Å². The minimum atomic E-state index is 0.657. The van der Waals surface area contributed by atoms with Crippen LogP contribution in [0.4, 0.5) is 0 Å². The van der Waals surface area contributed by atoms with E-state index in [-0.39, 0.29) is 0 Å². The van der Waals surface area contributed by atoms with Crippen LogP contribution in [0, 0.1) is 11.3 Å². The van der Waals surface area contributed by atoms with Gasteiger partial charge in [-0.3, -0.25) is 0 Å². The lowest BCUT2D eigenvalue weighted by Gasteiger charge is -1.98. The summed E-state index contributed by atoms with van der Waals surface area (Å²) in [5.41, 5.74) is 2.40. The standard InChI is InChI=1S/C12H10N2S/c1-2-9-3-5-10(6-4-9)12-14-8-11(7-13)15-12/h3-6,8H,2H2,1H3. The molecule has 0 fully saturated rings. The van der Waals surface area contributed by atoms with Crippen LogP contribution in [0.1, 0.15) is 17.4 Å². The Bertz CT molecular complexity index is 491. The monoisotopic (exact) mass is 214 g/mol. The Morgan fingerprint density at radius 3 is 2.60 bits per heavy atom. The molecule has 0 bridgehead atoms. The van der Waals surface area contributed by atoms with E-state index in [9.17, 15) is 0 Å². The van der Waals surface area contributed by atoms with E-state index < -0.39 is 0 Å². The summed E-state index contributed by atoms with van der Waals surface area (Å²) in [5, 5.41) is 9.61. The highest BCUT2D eigenvalue weighted by Crippen LogP contribution is 2.24. The van der Waals surface area contributed by atoms with Gasteiger partial charge in [0.1, 0.15) is 16.0 Å². The van der Waals surface area contributed by atoms with Crippen molar-refractivity contribution in [2.45, 2.75) is 13.3 Å². The second kappa shape index (κ2) is 4.24. The lowest BCUT2D eigenvalue weighted by atomic mass is 10.1. The van der Waals surface area contributed by atoms with Crippen LogP contribution in [0.2, 0.25) is 0 Å². The first kappa shape index (κ1) is 9.88. The van der Waals surface area contributed by atoms with Crippen LogP contribution in [0.25, 0.3) is 10.6 Å². The molecule has 0 spiro atoms. The third-order valence-electron chi connectivity index (χ3n) is 2.23. The molecule has 74 valence electrons. The summed E-state index contributed by atoms with van der Waals surface area (Å²) in [6, 6.07) is 10.4. The van der Waals surface area contributed by atoms with Gasteiger partial charge in [-0.05, 0) is 12.0 Å². The summed E-state index contributed by atoms with van der Waals surface area (Å²) in [5.74, 6) is 0. The topological polar surface area (TPSA) is 36.7 Å². The first-order chi connectivity index (χ1) is 7.33. The Balaban J connectivity index is 2.33. The third-order valence-corrected chi connectivity index (χ3v) is 3.18. The molecule has 2 rings (SSSR count). The molecule has 1 aromatic heterocycles. The van der Waals surface area contributed by atoms with E-state index in [0.717, 1.165) is 17.0 Å². The molecule has 0 amide bonds. The largest absolute Gasteiger partial charge is 0.243 e. The second-order valence-corrected chi connectivity index (χ2v) is 4.22. The average Bonchev–Trinajstić information content (AvgIpc) is 2.78. The summed E-state index contributed by atoms with van der Waals surface area (Å²) in [6.07, 6.45) is 2.66. The van der Waals surface area contributed by atoms with Crippen molar-refractivity contribution < 1.29 is 0 Å². The molecule has 0 unspecified atom stereocenters. The summed E-state index contributed by atoms with van der Waals surface area (Å²) in [4.78, 5) is 4.87. The van der Waals surface area contributed by atoms with E-state index in [1.165, 1.54) is 16.9 Å². The van der Waals surface area contributed by atoms with E-state index in [0.29, 0.717) is 4.88 Å². The minimum absolute atomic E-state index is 0.657. The van der Waals surface area contributed by atoms with E-state index in [4.69, 9.17) is 5.26 Å². The number of hydrogen-bond acceptors (Lipinski definition) is 3. The Hall–Kier alpha value is -1.66. The van der Waals surface area contributed by atoms with Crippen molar-refractivity contribution in [1.82, 2.24) is 4.98 Å². The van der Waals surface area contributed by atoms with Gasteiger partial charge in [0.15, 0.2) is 0 Å². The molecular weight excluding hydrogens is 204 g/mol. The fourth-order valence-corrected chi connectivity index (χ4v) is 2.06. The first-order valence-corrected chi connectivity index (χ1v) is 5.60. The van der Waals surface area contributed by atoms with Crippen LogP contribution in [0.3, 0.4) is 0 Å². The van der Waals surface area contributed by atoms with E-state index in [1.54, 1.807) is 6.20 Å². The number of hydrogen-bond donors (Lipinski definition) is 0. The van der Waals surface area contributed by atoms with Crippen LogP contribution in [-0.4, -0.2) is 4.98 Å². The molecule has 1 aromatic carbocycles. The fraction of sp³-hybridized carbons (Fsp3) is 0.167. The van der Waals surface area contributed by atoms with Gasteiger partial charge in [-0.25, -0.2) is 4.98 Å². The Morgan fingerprint density at radius 1 is 1.33 bits per heavy atom. The predicted molar refractivity (Wildman–Crippen MR) is 61.6 cm³/mol. The van der Waals surface area contributed by atoms with Crippen molar-refractivity contribution in [3.63, 3.8) is 0 Å². The lowest BCUT2D eigenvalue weighted by molar-refractivity contribution is 1.14. The highest BCUT2D eigenvalue weighted by Gasteiger charge is 2.03. The quantitative estimate of drug-likeness (QED) is 0.769. The van der Waals surface area contributed by atoms with Crippen LogP contribution < -0.4 is 0 Å². The lowest BCUT2D eigenvalue weighted by Crippen LogP contribution is -1.79. The highest BCUT2D eigenvalue weighted by atomic mass is 32.1. The van der Waals surface area contributed by atoms with Gasteiger partial charge in [0.25, 0.3) is 0 Å². The molecule has 3 heteroatoms. The molecule has 0 saturated heterocycles. The van der Waals surface area contributed by atoms with Crippen molar-refractivity contribution in [3.8, 4) is 16.6 Å². The normalized spacial score (nSPS) is 9.87. The van der Waals surface area contributed by atoms with Crippen molar-refractivity contribution in [2.24, 2.45) is 0 Å². The van der Waals surface area contributed by atoms with Crippen molar-refractivity contribution in [2.75, 3.05) is 0 Å². The van der Waals surface area contributed by atoms with Crippen LogP contribution in [0.15, 0.2) is 30.5 Å². The van der Waals surface area contributed by atoms with Gasteiger partial charge in [-0.15, -0.1) is 11.3 Å².